The second-order valence-electron chi connectivity index (χ2n) is 6.47. The zero-order chi connectivity index (χ0) is 16.8. The third-order valence-electron chi connectivity index (χ3n) is 4.99. The zero-order valence-electron chi connectivity index (χ0n) is 13.7. The van der Waals surface area contributed by atoms with E-state index in [0.29, 0.717) is 0 Å². The molecule has 0 atom stereocenters. The summed E-state index contributed by atoms with van der Waals surface area (Å²) in [5, 5.41) is 7.82. The molecule has 5 rings (SSSR count). The van der Waals surface area contributed by atoms with E-state index in [9.17, 15) is 0 Å². The molecule has 0 nitrogen and oxygen atoms in total. The predicted octanol–water partition coefficient (Wildman–Crippen LogP) is 5.61. The number of fused-ring (bicyclic) bond motifs is 6. The lowest BCUT2D eigenvalue weighted by Crippen LogP contribution is -1.99. The Morgan fingerprint density at radius 3 is 1.40 bits per heavy atom. The van der Waals surface area contributed by atoms with E-state index >= 15 is 0 Å². The van der Waals surface area contributed by atoms with E-state index in [1.807, 2.05) is 12.1 Å². The topological polar surface area (TPSA) is 0 Å². The number of hydrogen-bond acceptors (Lipinski definition) is 0. The molecule has 25 heavy (non-hydrogen) atoms. The molecule has 5 aromatic carbocycles. The van der Waals surface area contributed by atoms with Crippen molar-refractivity contribution in [2.75, 3.05) is 0 Å². The fraction of sp³-hybridized carbons (Fsp3) is 0. The molecule has 0 saturated carbocycles. The first-order valence-corrected chi connectivity index (χ1v) is 8.50. The minimum Gasteiger partial charge on any atom is -0.0966 e. The standard InChI is InChI=1S/C24H15B/c25-18-12-9-16(10-13-18)17-11-14-23-21-7-2-1-5-19(21)20-6-3-4-8-22(20)24(23)15-17/h1-15H. The van der Waals surface area contributed by atoms with Gasteiger partial charge in [-0.05, 0) is 49.5 Å². The maximum Gasteiger partial charge on any atom is 0.113 e. The van der Waals surface area contributed by atoms with Gasteiger partial charge >= 0.3 is 0 Å². The van der Waals surface area contributed by atoms with Gasteiger partial charge in [-0.25, -0.2) is 0 Å². The van der Waals surface area contributed by atoms with Crippen molar-refractivity contribution in [1.29, 1.82) is 0 Å². The maximum absolute atomic E-state index is 5.83. The molecule has 0 aromatic heterocycles. The molecule has 0 aliphatic carbocycles. The van der Waals surface area contributed by atoms with Gasteiger partial charge in [-0.2, -0.15) is 0 Å². The molecule has 0 N–H and O–H groups in total. The first-order valence-electron chi connectivity index (χ1n) is 8.50. The highest BCUT2D eigenvalue weighted by Gasteiger charge is 2.09. The lowest BCUT2D eigenvalue weighted by atomic mass is 9.90. The van der Waals surface area contributed by atoms with Gasteiger partial charge < -0.3 is 0 Å². The highest BCUT2D eigenvalue weighted by atomic mass is 14.1. The lowest BCUT2D eigenvalue weighted by Gasteiger charge is -2.12. The summed E-state index contributed by atoms with van der Waals surface area (Å²) in [6.07, 6.45) is 0. The molecular formula is C24H15B. The number of benzene rings is 5. The molecule has 0 heterocycles. The average Bonchev–Trinajstić information content (AvgIpc) is 2.68. The highest BCUT2D eigenvalue weighted by molar-refractivity contribution is 6.32. The van der Waals surface area contributed by atoms with Gasteiger partial charge in [-0.15, -0.1) is 0 Å². The minimum atomic E-state index is 0.793. The van der Waals surface area contributed by atoms with Crippen LogP contribution in [0.1, 0.15) is 0 Å². The van der Waals surface area contributed by atoms with Gasteiger partial charge in [-0.1, -0.05) is 90.4 Å². The zero-order valence-corrected chi connectivity index (χ0v) is 13.7. The van der Waals surface area contributed by atoms with Gasteiger partial charge in [0.15, 0.2) is 0 Å². The van der Waals surface area contributed by atoms with E-state index in [4.69, 9.17) is 7.85 Å². The molecular weight excluding hydrogens is 299 g/mol. The van der Waals surface area contributed by atoms with Gasteiger partial charge in [0.05, 0.1) is 0 Å². The Hall–Kier alpha value is -3.06. The highest BCUT2D eigenvalue weighted by Crippen LogP contribution is 2.36. The molecule has 0 bridgehead atoms. The van der Waals surface area contributed by atoms with E-state index in [0.717, 1.165) is 5.46 Å². The molecule has 0 saturated heterocycles. The van der Waals surface area contributed by atoms with Crippen LogP contribution in [-0.2, 0) is 0 Å². The summed E-state index contributed by atoms with van der Waals surface area (Å²) < 4.78 is 0. The Morgan fingerprint density at radius 2 is 0.840 bits per heavy atom. The minimum absolute atomic E-state index is 0.793. The van der Waals surface area contributed by atoms with Crippen LogP contribution in [0.3, 0.4) is 0 Å². The summed E-state index contributed by atoms with van der Waals surface area (Å²) in [5.74, 6) is 0. The Morgan fingerprint density at radius 1 is 0.400 bits per heavy atom. The molecule has 0 unspecified atom stereocenters. The molecule has 0 spiro atoms. The molecule has 0 fully saturated rings. The first-order chi connectivity index (χ1) is 12.3. The van der Waals surface area contributed by atoms with Gasteiger partial charge in [0, 0.05) is 0 Å². The molecule has 0 aliphatic rings. The van der Waals surface area contributed by atoms with Crippen molar-refractivity contribution in [3.05, 3.63) is 91.0 Å². The Labute approximate surface area is 148 Å². The monoisotopic (exact) mass is 314 g/mol. The average molecular weight is 314 g/mol. The van der Waals surface area contributed by atoms with E-state index < -0.39 is 0 Å². The lowest BCUT2D eigenvalue weighted by molar-refractivity contribution is 1.68. The second kappa shape index (κ2) is 5.49. The fourth-order valence-corrected chi connectivity index (χ4v) is 3.76. The third-order valence-corrected chi connectivity index (χ3v) is 4.99. The van der Waals surface area contributed by atoms with Crippen molar-refractivity contribution < 1.29 is 0 Å². The summed E-state index contributed by atoms with van der Waals surface area (Å²) in [6, 6.07) is 32.2. The smallest absolute Gasteiger partial charge is 0.0966 e. The number of hydrogen-bond donors (Lipinski definition) is 0. The van der Waals surface area contributed by atoms with Crippen LogP contribution in [0.25, 0.3) is 43.4 Å². The summed E-state index contributed by atoms with van der Waals surface area (Å²) in [5.41, 5.74) is 3.20. The van der Waals surface area contributed by atoms with Crippen LogP contribution in [0.2, 0.25) is 0 Å². The largest absolute Gasteiger partial charge is 0.113 e. The maximum atomic E-state index is 5.83. The first kappa shape index (κ1) is 14.3. The van der Waals surface area contributed by atoms with Gasteiger partial charge in [0.2, 0.25) is 0 Å². The van der Waals surface area contributed by atoms with Crippen molar-refractivity contribution in [2.45, 2.75) is 0 Å². The van der Waals surface area contributed by atoms with Gasteiger partial charge in [0.25, 0.3) is 0 Å². The molecule has 2 radical (unpaired) electrons. The molecule has 1 heteroatoms. The van der Waals surface area contributed by atoms with Crippen molar-refractivity contribution in [3.8, 4) is 11.1 Å². The normalized spacial score (nSPS) is 11.4. The van der Waals surface area contributed by atoms with Crippen LogP contribution in [0.5, 0.6) is 0 Å². The predicted molar refractivity (Wildman–Crippen MR) is 110 cm³/mol. The SMILES string of the molecule is [B]c1ccc(-c2ccc3c4ccccc4c4ccccc4c3c2)cc1. The van der Waals surface area contributed by atoms with E-state index in [1.54, 1.807) is 0 Å². The Bertz CT molecular complexity index is 1200. The quantitative estimate of drug-likeness (QED) is 0.279. The van der Waals surface area contributed by atoms with Crippen LogP contribution in [0, 0.1) is 0 Å². The summed E-state index contributed by atoms with van der Waals surface area (Å²) in [6.45, 7) is 0. The van der Waals surface area contributed by atoms with Crippen molar-refractivity contribution in [2.24, 2.45) is 0 Å². The van der Waals surface area contributed by atoms with Gasteiger partial charge in [-0.3, -0.25) is 0 Å². The number of rotatable bonds is 1. The van der Waals surface area contributed by atoms with E-state index in [-0.39, 0.29) is 0 Å². The van der Waals surface area contributed by atoms with E-state index in [2.05, 4.69) is 78.9 Å². The molecule has 5 aromatic rings. The van der Waals surface area contributed by atoms with Gasteiger partial charge in [0.1, 0.15) is 7.85 Å². The summed E-state index contributed by atoms with van der Waals surface area (Å²) >= 11 is 0. The second-order valence-corrected chi connectivity index (χ2v) is 6.47. The fourth-order valence-electron chi connectivity index (χ4n) is 3.76. The molecule has 0 amide bonds. The molecule has 114 valence electrons. The van der Waals surface area contributed by atoms with Crippen molar-refractivity contribution in [3.63, 3.8) is 0 Å². The van der Waals surface area contributed by atoms with Crippen LogP contribution >= 0.6 is 0 Å². The van der Waals surface area contributed by atoms with Crippen LogP contribution in [0.15, 0.2) is 91.0 Å². The molecule has 0 aliphatic heterocycles. The van der Waals surface area contributed by atoms with Crippen LogP contribution < -0.4 is 5.46 Å². The summed E-state index contributed by atoms with van der Waals surface area (Å²) in [7, 11) is 5.83. The van der Waals surface area contributed by atoms with Crippen LogP contribution in [-0.4, -0.2) is 7.85 Å². The van der Waals surface area contributed by atoms with E-state index in [1.165, 1.54) is 43.4 Å². The van der Waals surface area contributed by atoms with Crippen LogP contribution in [0.4, 0.5) is 0 Å². The Balaban J connectivity index is 1.91. The van der Waals surface area contributed by atoms with Crippen molar-refractivity contribution >= 4 is 45.6 Å². The van der Waals surface area contributed by atoms with Crippen molar-refractivity contribution in [1.82, 2.24) is 0 Å². The third kappa shape index (κ3) is 2.24. The Kier molecular flexibility index (Phi) is 3.14. The summed E-state index contributed by atoms with van der Waals surface area (Å²) in [4.78, 5) is 0.